The largest absolute Gasteiger partial charge is 0.478 e. The lowest BCUT2D eigenvalue weighted by molar-refractivity contribution is -0.131. The number of carboxylic acids is 1. The Hall–Kier alpha value is -2.10. The fourth-order valence-electron chi connectivity index (χ4n) is 1.99. The lowest BCUT2D eigenvalue weighted by atomic mass is 10.1. The summed E-state index contributed by atoms with van der Waals surface area (Å²) < 4.78 is 0. The minimum Gasteiger partial charge on any atom is -0.478 e. The highest BCUT2D eigenvalue weighted by molar-refractivity contribution is 5.94. The van der Waals surface area contributed by atoms with Crippen molar-refractivity contribution in [3.63, 3.8) is 0 Å². The van der Waals surface area contributed by atoms with Crippen LogP contribution in [0.15, 0.2) is 24.3 Å². The van der Waals surface area contributed by atoms with Gasteiger partial charge in [0.2, 0.25) is 5.91 Å². The van der Waals surface area contributed by atoms with Gasteiger partial charge in [0.25, 0.3) is 0 Å². The maximum absolute atomic E-state index is 11.4. The Labute approximate surface area is 99.2 Å². The molecule has 0 fully saturated rings. The molecule has 2 rings (SSSR count). The normalized spacial score (nSPS) is 14.1. The number of carboxylic acid groups (broad SMARTS) is 1. The number of carbonyl (C=O) groups excluding carboxylic acids is 1. The average Bonchev–Trinajstić information content (AvgIpc) is 2.69. The first-order valence-electron chi connectivity index (χ1n) is 5.40. The molecule has 1 aromatic carbocycles. The number of carbonyl (C=O) groups is 2. The smallest absolute Gasteiger partial charge is 0.328 e. The van der Waals surface area contributed by atoms with Crippen molar-refractivity contribution in [1.29, 1.82) is 0 Å². The van der Waals surface area contributed by atoms with Crippen LogP contribution in [0, 0.1) is 0 Å². The maximum Gasteiger partial charge on any atom is 0.328 e. The van der Waals surface area contributed by atoms with E-state index in [1.54, 1.807) is 4.90 Å². The number of amides is 1. The van der Waals surface area contributed by atoms with E-state index in [0.29, 0.717) is 6.54 Å². The molecule has 0 unspecified atom stereocenters. The molecule has 17 heavy (non-hydrogen) atoms. The van der Waals surface area contributed by atoms with Gasteiger partial charge in [-0.05, 0) is 29.7 Å². The first kappa shape index (κ1) is 11.4. The zero-order chi connectivity index (χ0) is 12.4. The molecule has 1 aromatic rings. The van der Waals surface area contributed by atoms with E-state index in [1.807, 2.05) is 18.2 Å². The van der Waals surface area contributed by atoms with Crippen LogP contribution in [0.25, 0.3) is 6.08 Å². The van der Waals surface area contributed by atoms with Gasteiger partial charge in [-0.1, -0.05) is 12.1 Å². The van der Waals surface area contributed by atoms with Gasteiger partial charge < -0.3 is 10.0 Å². The molecule has 0 saturated heterocycles. The zero-order valence-corrected chi connectivity index (χ0v) is 9.51. The fourth-order valence-corrected chi connectivity index (χ4v) is 1.99. The van der Waals surface area contributed by atoms with Crippen molar-refractivity contribution < 1.29 is 14.7 Å². The van der Waals surface area contributed by atoms with Gasteiger partial charge in [-0.3, -0.25) is 4.79 Å². The molecule has 0 spiro atoms. The minimum atomic E-state index is -0.978. The first-order chi connectivity index (χ1) is 8.08. The molecule has 4 heteroatoms. The average molecular weight is 231 g/mol. The van der Waals surface area contributed by atoms with E-state index in [1.165, 1.54) is 13.0 Å². The van der Waals surface area contributed by atoms with E-state index >= 15 is 0 Å². The molecular weight excluding hydrogens is 218 g/mol. The Kier molecular flexibility index (Phi) is 2.95. The van der Waals surface area contributed by atoms with Gasteiger partial charge >= 0.3 is 5.97 Å². The van der Waals surface area contributed by atoms with Crippen molar-refractivity contribution in [3.05, 3.63) is 35.4 Å². The number of anilines is 1. The van der Waals surface area contributed by atoms with Crippen LogP contribution in [0.1, 0.15) is 18.1 Å². The number of rotatable bonds is 2. The van der Waals surface area contributed by atoms with Crippen molar-refractivity contribution >= 4 is 23.6 Å². The van der Waals surface area contributed by atoms with E-state index in [-0.39, 0.29) is 5.91 Å². The third kappa shape index (κ3) is 2.36. The third-order valence-electron chi connectivity index (χ3n) is 2.80. The molecule has 1 N–H and O–H groups in total. The molecule has 0 radical (unpaired) electrons. The summed E-state index contributed by atoms with van der Waals surface area (Å²) in [5.74, 6) is -0.961. The van der Waals surface area contributed by atoms with Crippen LogP contribution in [0.2, 0.25) is 0 Å². The molecule has 1 aliphatic heterocycles. The second kappa shape index (κ2) is 4.41. The van der Waals surface area contributed by atoms with Crippen molar-refractivity contribution in [2.45, 2.75) is 13.3 Å². The molecule has 0 aliphatic carbocycles. The van der Waals surface area contributed by atoms with Crippen LogP contribution >= 0.6 is 0 Å². The molecule has 1 aliphatic rings. The number of benzene rings is 1. The number of aliphatic carboxylic acids is 1. The van der Waals surface area contributed by atoms with Crippen molar-refractivity contribution in [3.8, 4) is 0 Å². The first-order valence-corrected chi connectivity index (χ1v) is 5.40. The summed E-state index contributed by atoms with van der Waals surface area (Å²) in [6, 6.07) is 5.66. The zero-order valence-electron chi connectivity index (χ0n) is 9.51. The Balaban J connectivity index is 2.33. The van der Waals surface area contributed by atoms with E-state index in [9.17, 15) is 9.59 Å². The maximum atomic E-state index is 11.4. The number of hydrogen-bond acceptors (Lipinski definition) is 2. The lowest BCUT2D eigenvalue weighted by Crippen LogP contribution is -2.25. The molecule has 1 heterocycles. The van der Waals surface area contributed by atoms with Crippen molar-refractivity contribution in [2.75, 3.05) is 11.4 Å². The van der Waals surface area contributed by atoms with E-state index in [4.69, 9.17) is 5.11 Å². The van der Waals surface area contributed by atoms with Crippen molar-refractivity contribution in [1.82, 2.24) is 0 Å². The fraction of sp³-hybridized carbons (Fsp3) is 0.231. The number of hydrogen-bond donors (Lipinski definition) is 1. The summed E-state index contributed by atoms with van der Waals surface area (Å²) in [5, 5.41) is 8.56. The lowest BCUT2D eigenvalue weighted by Gasteiger charge is -2.14. The van der Waals surface area contributed by atoms with Gasteiger partial charge in [-0.25, -0.2) is 4.79 Å². The van der Waals surface area contributed by atoms with Gasteiger partial charge in [0.15, 0.2) is 0 Å². The van der Waals surface area contributed by atoms with Crippen LogP contribution in [0.3, 0.4) is 0 Å². The quantitative estimate of drug-likeness (QED) is 0.788. The Morgan fingerprint density at radius 3 is 2.82 bits per heavy atom. The molecule has 0 aromatic heterocycles. The highest BCUT2D eigenvalue weighted by atomic mass is 16.4. The van der Waals surface area contributed by atoms with Gasteiger partial charge in [-0.15, -0.1) is 0 Å². The monoisotopic (exact) mass is 231 g/mol. The van der Waals surface area contributed by atoms with Gasteiger partial charge in [0.1, 0.15) is 0 Å². The highest BCUT2D eigenvalue weighted by Gasteiger charge is 2.21. The highest BCUT2D eigenvalue weighted by Crippen LogP contribution is 2.29. The van der Waals surface area contributed by atoms with Crippen LogP contribution in [-0.2, 0) is 16.0 Å². The van der Waals surface area contributed by atoms with Crippen LogP contribution in [0.5, 0.6) is 0 Å². The summed E-state index contributed by atoms with van der Waals surface area (Å²) >= 11 is 0. The van der Waals surface area contributed by atoms with Crippen LogP contribution in [-0.4, -0.2) is 23.5 Å². The van der Waals surface area contributed by atoms with Crippen LogP contribution in [0.4, 0.5) is 5.69 Å². The molecule has 0 saturated carbocycles. The predicted molar refractivity (Wildman–Crippen MR) is 64.8 cm³/mol. The van der Waals surface area contributed by atoms with Gasteiger partial charge in [0.05, 0.1) is 0 Å². The van der Waals surface area contributed by atoms with E-state index < -0.39 is 5.97 Å². The number of nitrogens with zero attached hydrogens (tertiary/aromatic N) is 1. The Morgan fingerprint density at radius 2 is 2.18 bits per heavy atom. The van der Waals surface area contributed by atoms with E-state index in [0.717, 1.165) is 29.3 Å². The van der Waals surface area contributed by atoms with Crippen LogP contribution < -0.4 is 4.90 Å². The number of fused-ring (bicyclic) bond motifs is 1. The van der Waals surface area contributed by atoms with E-state index in [2.05, 4.69) is 0 Å². The summed E-state index contributed by atoms with van der Waals surface area (Å²) in [4.78, 5) is 23.5. The summed E-state index contributed by atoms with van der Waals surface area (Å²) in [7, 11) is 0. The summed E-state index contributed by atoms with van der Waals surface area (Å²) in [5.41, 5.74) is 2.82. The standard InChI is InChI=1S/C13H13NO3/c1-9(15)14-7-6-11-4-2-10(8-12(11)14)3-5-13(16)17/h2-5,8H,6-7H2,1H3,(H,16,17)/b5-3+. The SMILES string of the molecule is CC(=O)N1CCc2ccc(/C=C/C(=O)O)cc21. The third-order valence-corrected chi connectivity index (χ3v) is 2.80. The molecule has 88 valence electrons. The van der Waals surface area contributed by atoms with Gasteiger partial charge in [-0.2, -0.15) is 0 Å². The summed E-state index contributed by atoms with van der Waals surface area (Å²) in [6.07, 6.45) is 3.48. The molecule has 0 bridgehead atoms. The minimum absolute atomic E-state index is 0.0168. The molecule has 1 amide bonds. The summed E-state index contributed by atoms with van der Waals surface area (Å²) in [6.45, 7) is 2.24. The Bertz CT molecular complexity index is 505. The molecule has 0 atom stereocenters. The Morgan fingerprint density at radius 1 is 1.41 bits per heavy atom. The molecular formula is C13H13NO3. The second-order valence-corrected chi connectivity index (χ2v) is 3.98. The second-order valence-electron chi connectivity index (χ2n) is 3.98. The molecule has 4 nitrogen and oxygen atoms in total. The topological polar surface area (TPSA) is 57.6 Å². The van der Waals surface area contributed by atoms with Gasteiger partial charge in [0, 0.05) is 25.2 Å². The van der Waals surface area contributed by atoms with Crippen molar-refractivity contribution in [2.24, 2.45) is 0 Å². The predicted octanol–water partition coefficient (Wildman–Crippen LogP) is 1.69.